The molecule has 1 saturated heterocycles. The molecule has 1 aromatic rings. The molecule has 92 valence electrons. The van der Waals surface area contributed by atoms with Crippen molar-refractivity contribution < 1.29 is 9.18 Å². The van der Waals surface area contributed by atoms with Crippen molar-refractivity contribution >= 4 is 17.4 Å². The van der Waals surface area contributed by atoms with Crippen LogP contribution in [-0.2, 0) is 10.2 Å². The van der Waals surface area contributed by atoms with Crippen molar-refractivity contribution in [1.82, 2.24) is 5.32 Å². The molecular formula is C13H15ClFNO. The minimum Gasteiger partial charge on any atom is -0.317 e. The Labute approximate surface area is 105 Å². The van der Waals surface area contributed by atoms with Gasteiger partial charge in [-0.25, -0.2) is 4.39 Å². The summed E-state index contributed by atoms with van der Waals surface area (Å²) in [5.74, 6) is -0.388. The van der Waals surface area contributed by atoms with Gasteiger partial charge in [0.15, 0.2) is 0 Å². The fraction of sp³-hybridized carbons (Fsp3) is 0.462. The van der Waals surface area contributed by atoms with Gasteiger partial charge in [0.25, 0.3) is 0 Å². The molecule has 0 bridgehead atoms. The zero-order valence-electron chi connectivity index (χ0n) is 9.72. The second-order valence-electron chi connectivity index (χ2n) is 4.48. The van der Waals surface area contributed by atoms with E-state index in [4.69, 9.17) is 11.6 Å². The number of hydrogen-bond acceptors (Lipinski definition) is 2. The summed E-state index contributed by atoms with van der Waals surface area (Å²) in [4.78, 5) is 12.0. The van der Waals surface area contributed by atoms with Gasteiger partial charge >= 0.3 is 0 Å². The summed E-state index contributed by atoms with van der Waals surface area (Å²) in [7, 11) is 0. The number of Topliss-reactive ketones (excluding diaryl/α,β-unsaturated/α-hetero) is 1. The topological polar surface area (TPSA) is 29.1 Å². The van der Waals surface area contributed by atoms with Crippen molar-refractivity contribution in [2.45, 2.75) is 25.2 Å². The largest absolute Gasteiger partial charge is 0.317 e. The Bertz CT molecular complexity index is 421. The van der Waals surface area contributed by atoms with Crippen molar-refractivity contribution in [3.8, 4) is 0 Å². The van der Waals surface area contributed by atoms with E-state index in [1.165, 1.54) is 13.0 Å². The Morgan fingerprint density at radius 3 is 2.59 bits per heavy atom. The van der Waals surface area contributed by atoms with Crippen LogP contribution >= 0.6 is 11.6 Å². The summed E-state index contributed by atoms with van der Waals surface area (Å²) < 4.78 is 14.0. The Kier molecular flexibility index (Phi) is 3.50. The average Bonchev–Trinajstić information content (AvgIpc) is 2.29. The van der Waals surface area contributed by atoms with Gasteiger partial charge in [0.05, 0.1) is 5.41 Å². The summed E-state index contributed by atoms with van der Waals surface area (Å²) in [6.45, 7) is 2.95. The minimum atomic E-state index is -0.756. The van der Waals surface area contributed by atoms with Gasteiger partial charge in [-0.1, -0.05) is 17.7 Å². The molecule has 0 atom stereocenters. The molecule has 0 radical (unpaired) electrons. The molecule has 1 N–H and O–H groups in total. The first-order valence-corrected chi connectivity index (χ1v) is 6.12. The standard InChI is InChI=1S/C13H15ClFNO/c1-9(17)13(5-7-16-8-6-13)12-10(14)3-2-4-11(12)15/h2-4,16H,5-8H2,1H3. The van der Waals surface area contributed by atoms with Gasteiger partial charge < -0.3 is 5.32 Å². The Hall–Kier alpha value is -0.930. The molecule has 0 spiro atoms. The molecule has 1 fully saturated rings. The van der Waals surface area contributed by atoms with Gasteiger partial charge in [-0.15, -0.1) is 0 Å². The monoisotopic (exact) mass is 255 g/mol. The van der Waals surface area contributed by atoms with E-state index in [0.29, 0.717) is 36.5 Å². The van der Waals surface area contributed by atoms with Crippen LogP contribution in [0.2, 0.25) is 5.02 Å². The fourth-order valence-electron chi connectivity index (χ4n) is 2.59. The molecule has 1 aliphatic heterocycles. The third-order valence-corrected chi connectivity index (χ3v) is 3.89. The van der Waals surface area contributed by atoms with Gasteiger partial charge in [0.1, 0.15) is 11.6 Å². The number of halogens is 2. The number of hydrogen-bond donors (Lipinski definition) is 1. The molecular weight excluding hydrogens is 241 g/mol. The Balaban J connectivity index is 2.56. The number of benzene rings is 1. The Morgan fingerprint density at radius 1 is 1.41 bits per heavy atom. The van der Waals surface area contributed by atoms with Crippen LogP contribution in [0.25, 0.3) is 0 Å². The van der Waals surface area contributed by atoms with Crippen molar-refractivity contribution in [3.05, 3.63) is 34.6 Å². The lowest BCUT2D eigenvalue weighted by Crippen LogP contribution is -2.45. The molecule has 1 aliphatic rings. The highest BCUT2D eigenvalue weighted by molar-refractivity contribution is 6.31. The average molecular weight is 256 g/mol. The van der Waals surface area contributed by atoms with Gasteiger partial charge in [0.2, 0.25) is 0 Å². The SMILES string of the molecule is CC(=O)C1(c2c(F)cccc2Cl)CCNCC1. The second-order valence-corrected chi connectivity index (χ2v) is 4.89. The lowest BCUT2D eigenvalue weighted by Gasteiger charge is -2.36. The minimum absolute atomic E-state index is 0.00833. The molecule has 0 amide bonds. The molecule has 4 heteroatoms. The first-order chi connectivity index (χ1) is 8.08. The first kappa shape index (κ1) is 12.5. The van der Waals surface area contributed by atoms with E-state index in [9.17, 15) is 9.18 Å². The molecule has 0 aromatic heterocycles. The lowest BCUT2D eigenvalue weighted by molar-refractivity contribution is -0.123. The maximum atomic E-state index is 14.0. The number of carbonyl (C=O) groups is 1. The molecule has 0 saturated carbocycles. The third-order valence-electron chi connectivity index (χ3n) is 3.57. The highest BCUT2D eigenvalue weighted by atomic mass is 35.5. The quantitative estimate of drug-likeness (QED) is 0.880. The molecule has 1 aromatic carbocycles. The van der Waals surface area contributed by atoms with Crippen molar-refractivity contribution in [3.63, 3.8) is 0 Å². The highest BCUT2D eigenvalue weighted by Gasteiger charge is 2.41. The fourth-order valence-corrected chi connectivity index (χ4v) is 2.93. The Morgan fingerprint density at radius 2 is 2.06 bits per heavy atom. The normalized spacial score (nSPS) is 19.0. The predicted octanol–water partition coefficient (Wildman–Crippen LogP) is 2.69. The number of carbonyl (C=O) groups excluding carboxylic acids is 1. The van der Waals surface area contributed by atoms with E-state index in [2.05, 4.69) is 5.32 Å². The van der Waals surface area contributed by atoms with E-state index >= 15 is 0 Å². The number of rotatable bonds is 2. The molecule has 17 heavy (non-hydrogen) atoms. The van der Waals surface area contributed by atoms with E-state index in [1.54, 1.807) is 12.1 Å². The zero-order chi connectivity index (χ0) is 12.5. The number of ketones is 1. The van der Waals surface area contributed by atoms with Crippen molar-refractivity contribution in [2.24, 2.45) is 0 Å². The lowest BCUT2D eigenvalue weighted by atomic mass is 9.70. The van der Waals surface area contributed by atoms with Crippen LogP contribution in [0.3, 0.4) is 0 Å². The van der Waals surface area contributed by atoms with Gasteiger partial charge in [-0.3, -0.25) is 4.79 Å². The first-order valence-electron chi connectivity index (χ1n) is 5.74. The van der Waals surface area contributed by atoms with Gasteiger partial charge in [-0.2, -0.15) is 0 Å². The summed E-state index contributed by atoms with van der Waals surface area (Å²) >= 11 is 6.08. The van der Waals surface area contributed by atoms with E-state index in [0.717, 1.165) is 0 Å². The summed E-state index contributed by atoms with van der Waals surface area (Å²) in [6, 6.07) is 4.58. The van der Waals surface area contributed by atoms with Crippen LogP contribution in [0.15, 0.2) is 18.2 Å². The van der Waals surface area contributed by atoms with E-state index in [-0.39, 0.29) is 11.6 Å². The van der Waals surface area contributed by atoms with Crippen LogP contribution in [0.1, 0.15) is 25.3 Å². The van der Waals surface area contributed by atoms with Gasteiger partial charge in [0, 0.05) is 10.6 Å². The highest BCUT2D eigenvalue weighted by Crippen LogP contribution is 2.39. The molecule has 1 heterocycles. The summed E-state index contributed by atoms with van der Waals surface area (Å²) in [5, 5.41) is 3.53. The predicted molar refractivity (Wildman–Crippen MR) is 65.9 cm³/mol. The smallest absolute Gasteiger partial charge is 0.140 e. The summed E-state index contributed by atoms with van der Waals surface area (Å²) in [5.41, 5.74) is -0.385. The van der Waals surface area contributed by atoms with E-state index < -0.39 is 5.41 Å². The second kappa shape index (κ2) is 4.75. The van der Waals surface area contributed by atoms with Crippen molar-refractivity contribution in [2.75, 3.05) is 13.1 Å². The van der Waals surface area contributed by atoms with Crippen LogP contribution in [0, 0.1) is 5.82 Å². The molecule has 0 aliphatic carbocycles. The maximum Gasteiger partial charge on any atom is 0.140 e. The van der Waals surface area contributed by atoms with Crippen LogP contribution < -0.4 is 5.32 Å². The number of nitrogens with one attached hydrogen (secondary N) is 1. The summed E-state index contributed by atoms with van der Waals surface area (Å²) in [6.07, 6.45) is 1.20. The zero-order valence-corrected chi connectivity index (χ0v) is 10.5. The van der Waals surface area contributed by atoms with Crippen LogP contribution in [-0.4, -0.2) is 18.9 Å². The van der Waals surface area contributed by atoms with Crippen LogP contribution in [0.4, 0.5) is 4.39 Å². The molecule has 0 unspecified atom stereocenters. The third kappa shape index (κ3) is 2.09. The number of piperidine rings is 1. The maximum absolute atomic E-state index is 14.0. The van der Waals surface area contributed by atoms with E-state index in [1.807, 2.05) is 0 Å². The molecule has 2 nitrogen and oxygen atoms in total. The van der Waals surface area contributed by atoms with Crippen LogP contribution in [0.5, 0.6) is 0 Å². The van der Waals surface area contributed by atoms with Gasteiger partial charge in [-0.05, 0) is 45.0 Å². The van der Waals surface area contributed by atoms with Crippen molar-refractivity contribution in [1.29, 1.82) is 0 Å². The molecule has 2 rings (SSSR count).